The van der Waals surface area contributed by atoms with Gasteiger partial charge in [0.05, 0.1) is 25.4 Å². The smallest absolute Gasteiger partial charge is 0.135 e. The van der Waals surface area contributed by atoms with E-state index < -0.39 is 6.10 Å². The quantitative estimate of drug-likeness (QED) is 0.823. The Hall–Kier alpha value is -1.21. The lowest BCUT2D eigenvalue weighted by molar-refractivity contribution is 0.0684. The molecule has 1 N–H and O–H groups in total. The Balaban J connectivity index is 1.55. The van der Waals surface area contributed by atoms with Crippen LogP contribution in [0.15, 0.2) is 23.6 Å². The third kappa shape index (κ3) is 3.57. The lowest BCUT2D eigenvalue weighted by atomic mass is 10.1. The van der Waals surface area contributed by atoms with Crippen molar-refractivity contribution in [2.45, 2.75) is 37.3 Å². The fourth-order valence-electron chi connectivity index (χ4n) is 3.10. The van der Waals surface area contributed by atoms with E-state index in [2.05, 4.69) is 9.88 Å². The van der Waals surface area contributed by atoms with E-state index >= 15 is 0 Å². The fraction of sp³-hybridized carbons (Fsp3) is 0.529. The van der Waals surface area contributed by atoms with Gasteiger partial charge in [-0.05, 0) is 24.3 Å². The molecule has 128 valence electrons. The molecule has 1 aliphatic carbocycles. The normalized spacial score (nSPS) is 22.6. The molecule has 2 unspecified atom stereocenters. The van der Waals surface area contributed by atoms with Crippen LogP contribution in [0.3, 0.4) is 0 Å². The molecular formula is C17H20ClN3O2S. The molecule has 2 aliphatic rings. The fourth-order valence-corrected chi connectivity index (χ4v) is 4.01. The second-order valence-corrected chi connectivity index (χ2v) is 7.74. The Morgan fingerprint density at radius 3 is 3.04 bits per heavy atom. The first kappa shape index (κ1) is 16.3. The number of anilines is 1. The van der Waals surface area contributed by atoms with Gasteiger partial charge in [0.2, 0.25) is 0 Å². The summed E-state index contributed by atoms with van der Waals surface area (Å²) in [6.07, 6.45) is 2.41. The monoisotopic (exact) mass is 365 g/mol. The van der Waals surface area contributed by atoms with Gasteiger partial charge in [-0.1, -0.05) is 17.7 Å². The molecule has 0 aromatic carbocycles. The number of hydrogen-bond donors (Lipinski definition) is 1. The molecule has 3 heterocycles. The number of rotatable bonds is 5. The van der Waals surface area contributed by atoms with Crippen LogP contribution in [-0.4, -0.2) is 40.9 Å². The lowest BCUT2D eigenvalue weighted by Gasteiger charge is -2.37. The molecule has 2 fully saturated rings. The zero-order valence-electron chi connectivity index (χ0n) is 13.3. The molecular weight excluding hydrogens is 346 g/mol. The van der Waals surface area contributed by atoms with E-state index in [4.69, 9.17) is 21.3 Å². The minimum absolute atomic E-state index is 0.0777. The van der Waals surface area contributed by atoms with Gasteiger partial charge < -0.3 is 14.7 Å². The summed E-state index contributed by atoms with van der Waals surface area (Å²) in [5, 5.41) is 13.0. The van der Waals surface area contributed by atoms with E-state index in [1.165, 1.54) is 0 Å². The average Bonchev–Trinajstić information content (AvgIpc) is 3.29. The van der Waals surface area contributed by atoms with Crippen molar-refractivity contribution in [3.8, 4) is 0 Å². The largest absolute Gasteiger partial charge is 0.387 e. The van der Waals surface area contributed by atoms with Gasteiger partial charge in [0.25, 0.3) is 0 Å². The topological polar surface area (TPSA) is 58.5 Å². The van der Waals surface area contributed by atoms with Gasteiger partial charge >= 0.3 is 0 Å². The van der Waals surface area contributed by atoms with E-state index in [0.29, 0.717) is 30.7 Å². The van der Waals surface area contributed by atoms with E-state index in [-0.39, 0.29) is 6.04 Å². The molecule has 5 nitrogen and oxygen atoms in total. The zero-order valence-corrected chi connectivity index (χ0v) is 14.8. The third-order valence-electron chi connectivity index (χ3n) is 4.53. The van der Waals surface area contributed by atoms with Crippen LogP contribution in [0.2, 0.25) is 5.15 Å². The number of halogens is 1. The third-order valence-corrected chi connectivity index (χ3v) is 5.70. The van der Waals surface area contributed by atoms with Crippen molar-refractivity contribution in [2.24, 2.45) is 0 Å². The number of nitrogens with zero attached hydrogens (tertiary/aromatic N) is 3. The Morgan fingerprint density at radius 2 is 2.29 bits per heavy atom. The first-order valence-corrected chi connectivity index (χ1v) is 9.57. The van der Waals surface area contributed by atoms with Crippen molar-refractivity contribution in [3.05, 3.63) is 39.4 Å². The average molecular weight is 366 g/mol. The summed E-state index contributed by atoms with van der Waals surface area (Å²) in [7, 11) is 0. The first-order valence-electron chi connectivity index (χ1n) is 8.31. The summed E-state index contributed by atoms with van der Waals surface area (Å²) in [6.45, 7) is 1.99. The molecule has 2 aromatic heterocycles. The van der Waals surface area contributed by atoms with Crippen molar-refractivity contribution in [2.75, 3.05) is 24.7 Å². The van der Waals surface area contributed by atoms with E-state index in [1.54, 1.807) is 11.3 Å². The molecule has 0 amide bonds. The van der Waals surface area contributed by atoms with Crippen molar-refractivity contribution in [3.63, 3.8) is 0 Å². The predicted molar refractivity (Wildman–Crippen MR) is 94.9 cm³/mol. The van der Waals surface area contributed by atoms with Crippen molar-refractivity contribution >= 4 is 28.8 Å². The number of aromatic nitrogens is 2. The maximum Gasteiger partial charge on any atom is 0.135 e. The van der Waals surface area contributed by atoms with Crippen LogP contribution in [0.4, 0.5) is 5.82 Å². The number of thiophene rings is 1. The van der Waals surface area contributed by atoms with Crippen LogP contribution in [-0.2, 0) is 4.74 Å². The summed E-state index contributed by atoms with van der Waals surface area (Å²) in [5.74, 6) is 2.16. The molecule has 2 atom stereocenters. The highest BCUT2D eigenvalue weighted by atomic mass is 35.5. The zero-order chi connectivity index (χ0) is 16.5. The Kier molecular flexibility index (Phi) is 4.72. The maximum absolute atomic E-state index is 10.5. The minimum atomic E-state index is -0.487. The second kappa shape index (κ2) is 6.96. The van der Waals surface area contributed by atoms with Gasteiger partial charge in [-0.2, -0.15) is 0 Å². The van der Waals surface area contributed by atoms with Crippen molar-refractivity contribution < 1.29 is 9.84 Å². The van der Waals surface area contributed by atoms with E-state index in [9.17, 15) is 5.11 Å². The molecule has 7 heteroatoms. The summed E-state index contributed by atoms with van der Waals surface area (Å²) < 4.78 is 5.65. The van der Waals surface area contributed by atoms with Crippen LogP contribution in [0.5, 0.6) is 0 Å². The van der Waals surface area contributed by atoms with Crippen molar-refractivity contribution in [1.29, 1.82) is 0 Å². The standard InChI is InChI=1S/C17H20ClN3O2S/c18-15-9-16(20-17(19-15)11-3-4-11)21-5-6-23-10-12(21)8-13(22)14-2-1-7-24-14/h1-2,7,9,11-13,22H,3-6,8,10H2. The SMILES string of the molecule is OC(CC1COCCN1c1cc(Cl)nc(C2CC2)n1)c1cccs1. The molecule has 1 saturated heterocycles. The number of ether oxygens (including phenoxy) is 1. The minimum Gasteiger partial charge on any atom is -0.387 e. The maximum atomic E-state index is 10.5. The highest BCUT2D eigenvalue weighted by Crippen LogP contribution is 2.39. The highest BCUT2D eigenvalue weighted by Gasteiger charge is 2.31. The van der Waals surface area contributed by atoms with Gasteiger partial charge in [0.1, 0.15) is 16.8 Å². The van der Waals surface area contributed by atoms with Gasteiger partial charge in [-0.3, -0.25) is 0 Å². The van der Waals surface area contributed by atoms with Gasteiger partial charge in [0.15, 0.2) is 0 Å². The van der Waals surface area contributed by atoms with Gasteiger partial charge in [-0.15, -0.1) is 11.3 Å². The number of aliphatic hydroxyl groups excluding tert-OH is 1. The number of hydrogen-bond acceptors (Lipinski definition) is 6. The van der Waals surface area contributed by atoms with Crippen molar-refractivity contribution in [1.82, 2.24) is 9.97 Å². The summed E-state index contributed by atoms with van der Waals surface area (Å²) >= 11 is 7.80. The van der Waals surface area contributed by atoms with E-state index in [0.717, 1.165) is 35.9 Å². The van der Waals surface area contributed by atoms with Crippen LogP contribution < -0.4 is 4.90 Å². The molecule has 1 aliphatic heterocycles. The molecule has 24 heavy (non-hydrogen) atoms. The molecule has 1 saturated carbocycles. The number of aliphatic hydroxyl groups is 1. The van der Waals surface area contributed by atoms with Crippen LogP contribution in [0, 0.1) is 0 Å². The van der Waals surface area contributed by atoms with Crippen LogP contribution in [0.25, 0.3) is 0 Å². The molecule has 4 rings (SSSR count). The first-order chi connectivity index (χ1) is 11.7. The van der Waals surface area contributed by atoms with E-state index in [1.807, 2.05) is 23.6 Å². The second-order valence-electron chi connectivity index (χ2n) is 6.37. The van der Waals surface area contributed by atoms with Gasteiger partial charge in [0, 0.05) is 29.8 Å². The van der Waals surface area contributed by atoms with Crippen LogP contribution >= 0.6 is 22.9 Å². The Morgan fingerprint density at radius 1 is 1.42 bits per heavy atom. The molecule has 2 aromatic rings. The Bertz CT molecular complexity index is 693. The van der Waals surface area contributed by atoms with Gasteiger partial charge in [-0.25, -0.2) is 9.97 Å². The molecule has 0 spiro atoms. The Labute approximate surface area is 150 Å². The van der Waals surface area contributed by atoms with Crippen LogP contribution in [0.1, 0.15) is 42.0 Å². The lowest BCUT2D eigenvalue weighted by Crippen LogP contribution is -2.46. The summed E-state index contributed by atoms with van der Waals surface area (Å²) in [4.78, 5) is 12.3. The highest BCUT2D eigenvalue weighted by molar-refractivity contribution is 7.10. The summed E-state index contributed by atoms with van der Waals surface area (Å²) in [6, 6.07) is 5.83. The molecule has 0 bridgehead atoms. The predicted octanol–water partition coefficient (Wildman–Crippen LogP) is 3.40. The molecule has 0 radical (unpaired) electrons. The summed E-state index contributed by atoms with van der Waals surface area (Å²) in [5.41, 5.74) is 0. The number of morpholine rings is 1.